The molecule has 166 valence electrons. The number of nitro groups is 1. The van der Waals surface area contributed by atoms with E-state index in [-0.39, 0.29) is 36.2 Å². The van der Waals surface area contributed by atoms with Gasteiger partial charge in [0.1, 0.15) is 0 Å². The molecule has 0 saturated carbocycles. The van der Waals surface area contributed by atoms with Crippen LogP contribution < -0.4 is 14.2 Å². The number of imide groups is 1. The Morgan fingerprint density at radius 1 is 1.28 bits per heavy atom. The van der Waals surface area contributed by atoms with E-state index in [4.69, 9.17) is 25.8 Å². The van der Waals surface area contributed by atoms with Crippen LogP contribution in [0.5, 0.6) is 23.0 Å². The van der Waals surface area contributed by atoms with Crippen LogP contribution in [0.3, 0.4) is 0 Å². The van der Waals surface area contributed by atoms with Gasteiger partial charge in [-0.25, -0.2) is 0 Å². The summed E-state index contributed by atoms with van der Waals surface area (Å²) in [6, 6.07) is 5.61. The molecule has 0 spiro atoms. The number of nitrogens with zero attached hydrogens (tertiary/aromatic N) is 2. The molecule has 0 aliphatic carbocycles. The average Bonchev–Trinajstić information content (AvgIpc) is 3.29. The number of hydrogen-bond acceptors (Lipinski definition) is 9. The molecule has 0 bridgehead atoms. The predicted molar refractivity (Wildman–Crippen MR) is 115 cm³/mol. The van der Waals surface area contributed by atoms with E-state index in [2.05, 4.69) is 0 Å². The lowest BCUT2D eigenvalue weighted by Gasteiger charge is -2.14. The zero-order chi connectivity index (χ0) is 23.0. The molecular weight excluding hydrogens is 464 g/mol. The molecule has 0 radical (unpaired) electrons. The molecule has 1 fully saturated rings. The van der Waals surface area contributed by atoms with Crippen molar-refractivity contribution in [3.05, 3.63) is 55.4 Å². The predicted octanol–water partition coefficient (Wildman–Crippen LogP) is 4.32. The van der Waals surface area contributed by atoms with Gasteiger partial charge in [-0.05, 0) is 48.0 Å². The highest BCUT2D eigenvalue weighted by Crippen LogP contribution is 2.41. The van der Waals surface area contributed by atoms with E-state index in [9.17, 15) is 24.8 Å². The first-order chi connectivity index (χ1) is 15.3. The normalized spacial score (nSPS) is 16.2. The Balaban J connectivity index is 1.62. The van der Waals surface area contributed by atoms with Gasteiger partial charge in [0.25, 0.3) is 11.1 Å². The molecule has 0 atom stereocenters. The summed E-state index contributed by atoms with van der Waals surface area (Å²) < 4.78 is 15.8. The summed E-state index contributed by atoms with van der Waals surface area (Å²) in [6.07, 6.45) is 1.33. The summed E-state index contributed by atoms with van der Waals surface area (Å²) >= 11 is 6.94. The van der Waals surface area contributed by atoms with Crippen LogP contribution in [0.1, 0.15) is 18.1 Å². The number of halogens is 1. The fourth-order valence-electron chi connectivity index (χ4n) is 3.14. The Labute approximate surface area is 190 Å². The average molecular weight is 479 g/mol. The van der Waals surface area contributed by atoms with Crippen molar-refractivity contribution in [3.63, 3.8) is 0 Å². The van der Waals surface area contributed by atoms with Crippen LogP contribution in [0.15, 0.2) is 29.2 Å². The van der Waals surface area contributed by atoms with E-state index in [0.29, 0.717) is 33.8 Å². The fraction of sp³-hybridized carbons (Fsp3) is 0.200. The van der Waals surface area contributed by atoms with E-state index in [1.54, 1.807) is 19.1 Å². The number of hydrogen-bond donors (Lipinski definition) is 1. The van der Waals surface area contributed by atoms with E-state index in [1.165, 1.54) is 12.1 Å². The van der Waals surface area contributed by atoms with Crippen molar-refractivity contribution in [1.29, 1.82) is 0 Å². The quantitative estimate of drug-likeness (QED) is 0.366. The standard InChI is InChI=1S/C20H15ClN2O8S/c1-2-29-16-4-10(3-13(18(16)24)23(27)28)5-17-19(25)22(20(26)32-17)8-11-6-14-15(7-12(11)21)31-9-30-14/h3-7,24H,2,8-9H2,1H3/b17-5-. The van der Waals surface area contributed by atoms with Crippen LogP contribution in [-0.2, 0) is 11.3 Å². The Bertz CT molecular complexity index is 1180. The van der Waals surface area contributed by atoms with E-state index < -0.39 is 27.5 Å². The monoisotopic (exact) mass is 478 g/mol. The number of phenols is 1. The number of carbonyl (C=O) groups is 2. The van der Waals surface area contributed by atoms with Crippen LogP contribution in [0.2, 0.25) is 5.02 Å². The third kappa shape index (κ3) is 4.04. The Morgan fingerprint density at radius 2 is 2.00 bits per heavy atom. The molecule has 32 heavy (non-hydrogen) atoms. The largest absolute Gasteiger partial charge is 0.500 e. The molecular formula is C20H15ClN2O8S. The Kier molecular flexibility index (Phi) is 5.85. The summed E-state index contributed by atoms with van der Waals surface area (Å²) in [5.41, 5.74) is 0.150. The zero-order valence-corrected chi connectivity index (χ0v) is 18.1. The molecule has 2 aromatic carbocycles. The summed E-state index contributed by atoms with van der Waals surface area (Å²) in [4.78, 5) is 36.9. The minimum absolute atomic E-state index is 0.0575. The highest BCUT2D eigenvalue weighted by Gasteiger charge is 2.36. The fourth-order valence-corrected chi connectivity index (χ4v) is 4.19. The van der Waals surface area contributed by atoms with Gasteiger partial charge in [0, 0.05) is 17.2 Å². The van der Waals surface area contributed by atoms with Gasteiger partial charge in [-0.1, -0.05) is 11.6 Å². The lowest BCUT2D eigenvalue weighted by molar-refractivity contribution is -0.386. The maximum Gasteiger partial charge on any atom is 0.315 e. The number of amides is 2. The van der Waals surface area contributed by atoms with Crippen LogP contribution in [-0.4, -0.2) is 39.5 Å². The number of phenolic OH excluding ortho intramolecular Hbond substituents is 1. The topological polar surface area (TPSA) is 128 Å². The van der Waals surface area contributed by atoms with Gasteiger partial charge < -0.3 is 19.3 Å². The van der Waals surface area contributed by atoms with Crippen molar-refractivity contribution in [2.45, 2.75) is 13.5 Å². The summed E-state index contributed by atoms with van der Waals surface area (Å²) in [6.45, 7) is 1.80. The van der Waals surface area contributed by atoms with E-state index >= 15 is 0 Å². The molecule has 1 saturated heterocycles. The second-order valence-electron chi connectivity index (χ2n) is 6.64. The Morgan fingerprint density at radius 3 is 2.69 bits per heavy atom. The summed E-state index contributed by atoms with van der Waals surface area (Å²) in [7, 11) is 0. The van der Waals surface area contributed by atoms with Crippen molar-refractivity contribution in [1.82, 2.24) is 4.90 Å². The SMILES string of the molecule is CCOc1cc(/C=C2\SC(=O)N(Cc3cc4c(cc3Cl)OCO4)C2=O)cc([N+](=O)[O-])c1O. The van der Waals surface area contributed by atoms with E-state index in [0.717, 1.165) is 11.0 Å². The van der Waals surface area contributed by atoms with Crippen LogP contribution in [0, 0.1) is 10.1 Å². The van der Waals surface area contributed by atoms with Gasteiger partial charge in [0.05, 0.1) is 23.0 Å². The van der Waals surface area contributed by atoms with Gasteiger partial charge >= 0.3 is 5.69 Å². The minimum Gasteiger partial charge on any atom is -0.500 e. The maximum absolute atomic E-state index is 12.9. The Hall–Kier alpha value is -3.44. The first kappa shape index (κ1) is 21.8. The number of benzene rings is 2. The number of nitro benzene ring substituents is 1. The molecule has 10 nitrogen and oxygen atoms in total. The second kappa shape index (κ2) is 8.60. The van der Waals surface area contributed by atoms with Crippen LogP contribution in [0.4, 0.5) is 10.5 Å². The molecule has 0 aromatic heterocycles. The van der Waals surface area contributed by atoms with Crippen molar-refractivity contribution >= 4 is 46.3 Å². The third-order valence-corrected chi connectivity index (χ3v) is 5.87. The molecule has 12 heteroatoms. The maximum atomic E-state index is 12.9. The molecule has 2 aromatic rings. The highest BCUT2D eigenvalue weighted by atomic mass is 35.5. The van der Waals surface area contributed by atoms with Gasteiger partial charge in [0.2, 0.25) is 12.5 Å². The molecule has 4 rings (SSSR count). The molecule has 2 aliphatic heterocycles. The highest BCUT2D eigenvalue weighted by molar-refractivity contribution is 8.18. The molecule has 2 amide bonds. The number of thioether (sulfide) groups is 1. The number of rotatable bonds is 6. The lowest BCUT2D eigenvalue weighted by atomic mass is 10.1. The van der Waals surface area contributed by atoms with Gasteiger partial charge in [0.15, 0.2) is 17.2 Å². The minimum atomic E-state index is -0.761. The lowest BCUT2D eigenvalue weighted by Crippen LogP contribution is -2.27. The number of aromatic hydroxyl groups is 1. The van der Waals surface area contributed by atoms with Crippen LogP contribution >= 0.6 is 23.4 Å². The first-order valence-electron chi connectivity index (χ1n) is 9.26. The van der Waals surface area contributed by atoms with Crippen molar-refractivity contribution < 1.29 is 33.8 Å². The molecule has 0 unspecified atom stereocenters. The summed E-state index contributed by atoms with van der Waals surface area (Å²) in [5.74, 6) is -0.347. The third-order valence-electron chi connectivity index (χ3n) is 4.62. The van der Waals surface area contributed by atoms with Gasteiger partial charge in [-0.2, -0.15) is 0 Å². The van der Waals surface area contributed by atoms with Crippen molar-refractivity contribution in [3.8, 4) is 23.0 Å². The van der Waals surface area contributed by atoms with E-state index in [1.807, 2.05) is 0 Å². The molecule has 1 N–H and O–H groups in total. The molecule has 2 heterocycles. The van der Waals surface area contributed by atoms with Gasteiger partial charge in [-0.15, -0.1) is 0 Å². The number of carbonyl (C=O) groups excluding carboxylic acids is 2. The van der Waals surface area contributed by atoms with Crippen LogP contribution in [0.25, 0.3) is 6.08 Å². The number of fused-ring (bicyclic) bond motifs is 1. The zero-order valence-electron chi connectivity index (χ0n) is 16.5. The second-order valence-corrected chi connectivity index (χ2v) is 8.04. The van der Waals surface area contributed by atoms with Gasteiger partial charge in [-0.3, -0.25) is 24.6 Å². The number of ether oxygens (including phenoxy) is 3. The molecule has 2 aliphatic rings. The first-order valence-corrected chi connectivity index (χ1v) is 10.5. The van der Waals surface area contributed by atoms with Crippen molar-refractivity contribution in [2.24, 2.45) is 0 Å². The summed E-state index contributed by atoms with van der Waals surface area (Å²) in [5, 5.41) is 21.1. The van der Waals surface area contributed by atoms with Crippen molar-refractivity contribution in [2.75, 3.05) is 13.4 Å². The smallest absolute Gasteiger partial charge is 0.315 e.